The molecule has 1 saturated heterocycles. The van der Waals surface area contributed by atoms with E-state index in [1.54, 1.807) is 24.5 Å². The molecule has 1 amide bonds. The molecule has 0 radical (unpaired) electrons. The largest absolute Gasteiger partial charge is 0.337 e. The van der Waals surface area contributed by atoms with Crippen molar-refractivity contribution in [3.05, 3.63) is 41.8 Å². The Morgan fingerprint density at radius 2 is 2.27 bits per heavy atom. The van der Waals surface area contributed by atoms with Gasteiger partial charge in [0.1, 0.15) is 6.04 Å². The van der Waals surface area contributed by atoms with Gasteiger partial charge in [-0.05, 0) is 31.4 Å². The molecule has 0 spiro atoms. The predicted molar refractivity (Wildman–Crippen MR) is 80.3 cm³/mol. The van der Waals surface area contributed by atoms with Crippen molar-refractivity contribution in [2.75, 3.05) is 6.54 Å². The summed E-state index contributed by atoms with van der Waals surface area (Å²) in [5.41, 5.74) is 0.595. The fraction of sp³-hybridized carbons (Fsp3) is 0.500. The summed E-state index contributed by atoms with van der Waals surface area (Å²) in [7, 11) is 0. The minimum Gasteiger partial charge on any atom is -0.337 e. The molecule has 116 valence electrons. The topological polar surface area (TPSA) is 72.1 Å². The van der Waals surface area contributed by atoms with Crippen LogP contribution in [-0.4, -0.2) is 32.5 Å². The molecule has 0 saturated carbocycles. The highest BCUT2D eigenvalue weighted by atomic mass is 16.5. The number of pyridine rings is 1. The van der Waals surface area contributed by atoms with Gasteiger partial charge in [0, 0.05) is 24.9 Å². The molecule has 3 rings (SSSR count). The number of hydrogen-bond donors (Lipinski definition) is 0. The van der Waals surface area contributed by atoms with Crippen LogP contribution >= 0.6 is 0 Å². The van der Waals surface area contributed by atoms with E-state index < -0.39 is 0 Å². The van der Waals surface area contributed by atoms with Crippen LogP contribution in [0.25, 0.3) is 0 Å². The van der Waals surface area contributed by atoms with E-state index in [-0.39, 0.29) is 17.9 Å². The monoisotopic (exact) mass is 300 g/mol. The molecule has 2 aromatic heterocycles. The van der Waals surface area contributed by atoms with Crippen LogP contribution in [0.15, 0.2) is 29.0 Å². The lowest BCUT2D eigenvalue weighted by molar-refractivity contribution is 0.0561. The Hall–Kier alpha value is -2.24. The van der Waals surface area contributed by atoms with Crippen molar-refractivity contribution in [3.8, 4) is 0 Å². The van der Waals surface area contributed by atoms with Crippen LogP contribution in [-0.2, 0) is 0 Å². The summed E-state index contributed by atoms with van der Waals surface area (Å²) in [5.74, 6) is 1.42. The summed E-state index contributed by atoms with van der Waals surface area (Å²) in [6.45, 7) is 4.75. The smallest absolute Gasteiger partial charge is 0.256 e. The van der Waals surface area contributed by atoms with Crippen LogP contribution in [0.5, 0.6) is 0 Å². The number of carbonyl (C=O) groups is 1. The molecule has 0 N–H and O–H groups in total. The van der Waals surface area contributed by atoms with Gasteiger partial charge in [0.15, 0.2) is 5.82 Å². The van der Waals surface area contributed by atoms with E-state index >= 15 is 0 Å². The summed E-state index contributed by atoms with van der Waals surface area (Å²) in [4.78, 5) is 23.1. The Labute approximate surface area is 129 Å². The molecule has 6 heteroatoms. The number of aromatic nitrogens is 3. The first-order valence-corrected chi connectivity index (χ1v) is 7.71. The number of rotatable bonds is 3. The minimum absolute atomic E-state index is 0.0258. The Bertz CT molecular complexity index is 639. The van der Waals surface area contributed by atoms with Crippen LogP contribution in [0.2, 0.25) is 0 Å². The van der Waals surface area contributed by atoms with E-state index in [4.69, 9.17) is 4.52 Å². The Kier molecular flexibility index (Phi) is 4.18. The highest BCUT2D eigenvalue weighted by molar-refractivity contribution is 5.94. The van der Waals surface area contributed by atoms with Gasteiger partial charge in [-0.3, -0.25) is 9.78 Å². The standard InChI is InChI=1S/C16H20N4O2/c1-11(2)14-18-15(22-19-14)13-7-3-4-9-20(13)16(21)12-6-5-8-17-10-12/h5-6,8,10-11,13H,3-4,7,9H2,1-2H3/t13-/m0/s1. The molecular formula is C16H20N4O2. The lowest BCUT2D eigenvalue weighted by Crippen LogP contribution is -2.38. The van der Waals surface area contributed by atoms with E-state index in [2.05, 4.69) is 15.1 Å². The zero-order valence-corrected chi connectivity index (χ0v) is 12.9. The molecule has 1 fully saturated rings. The molecule has 0 bridgehead atoms. The molecule has 0 aliphatic carbocycles. The van der Waals surface area contributed by atoms with E-state index in [1.165, 1.54) is 0 Å². The fourth-order valence-electron chi connectivity index (χ4n) is 2.70. The van der Waals surface area contributed by atoms with Gasteiger partial charge in [-0.1, -0.05) is 19.0 Å². The molecule has 1 aliphatic heterocycles. The molecule has 2 aromatic rings. The predicted octanol–water partition coefficient (Wildman–Crippen LogP) is 2.96. The number of piperidine rings is 1. The van der Waals surface area contributed by atoms with E-state index in [9.17, 15) is 4.79 Å². The minimum atomic E-state index is -0.138. The van der Waals surface area contributed by atoms with Crippen molar-refractivity contribution in [2.45, 2.75) is 45.1 Å². The molecule has 0 aromatic carbocycles. The second-order valence-electron chi connectivity index (χ2n) is 5.90. The Balaban J connectivity index is 1.86. The van der Waals surface area contributed by atoms with Gasteiger partial charge in [-0.25, -0.2) is 0 Å². The molecule has 1 aliphatic rings. The van der Waals surface area contributed by atoms with Crippen LogP contribution in [0, 0.1) is 0 Å². The van der Waals surface area contributed by atoms with Crippen molar-refractivity contribution in [3.63, 3.8) is 0 Å². The first-order chi connectivity index (χ1) is 10.7. The summed E-state index contributed by atoms with van der Waals surface area (Å²) in [5, 5.41) is 4.02. The average molecular weight is 300 g/mol. The third-order valence-electron chi connectivity index (χ3n) is 3.93. The van der Waals surface area contributed by atoms with Gasteiger partial charge in [0.05, 0.1) is 5.56 Å². The van der Waals surface area contributed by atoms with Gasteiger partial charge >= 0.3 is 0 Å². The zero-order chi connectivity index (χ0) is 15.5. The lowest BCUT2D eigenvalue weighted by atomic mass is 10.0. The van der Waals surface area contributed by atoms with E-state index in [1.807, 2.05) is 18.7 Å². The highest BCUT2D eigenvalue weighted by Crippen LogP contribution is 2.31. The Morgan fingerprint density at radius 1 is 1.41 bits per heavy atom. The SMILES string of the molecule is CC(C)c1noc([C@@H]2CCCCN2C(=O)c2cccnc2)n1. The maximum absolute atomic E-state index is 12.7. The molecule has 1 atom stereocenters. The van der Waals surface area contributed by atoms with Crippen LogP contribution in [0.4, 0.5) is 0 Å². The lowest BCUT2D eigenvalue weighted by Gasteiger charge is -2.33. The van der Waals surface area contributed by atoms with Crippen molar-refractivity contribution in [2.24, 2.45) is 0 Å². The van der Waals surface area contributed by atoms with Crippen LogP contribution in [0.3, 0.4) is 0 Å². The summed E-state index contributed by atoms with van der Waals surface area (Å²) in [6.07, 6.45) is 6.17. The maximum Gasteiger partial charge on any atom is 0.256 e. The van der Waals surface area contributed by atoms with Gasteiger partial charge in [-0.2, -0.15) is 4.98 Å². The van der Waals surface area contributed by atoms with Gasteiger partial charge in [-0.15, -0.1) is 0 Å². The molecule has 22 heavy (non-hydrogen) atoms. The van der Waals surface area contributed by atoms with Crippen molar-refractivity contribution in [1.29, 1.82) is 0 Å². The number of nitrogens with zero attached hydrogens (tertiary/aromatic N) is 4. The second kappa shape index (κ2) is 6.25. The first kappa shape index (κ1) is 14.7. The third kappa shape index (κ3) is 2.86. The number of hydrogen-bond acceptors (Lipinski definition) is 5. The van der Waals surface area contributed by atoms with E-state index in [0.29, 0.717) is 23.8 Å². The van der Waals surface area contributed by atoms with Crippen LogP contribution in [0.1, 0.15) is 67.1 Å². The summed E-state index contributed by atoms with van der Waals surface area (Å²) >= 11 is 0. The zero-order valence-electron chi connectivity index (χ0n) is 12.9. The number of amides is 1. The maximum atomic E-state index is 12.7. The third-order valence-corrected chi connectivity index (χ3v) is 3.93. The summed E-state index contributed by atoms with van der Waals surface area (Å²) < 4.78 is 5.41. The second-order valence-corrected chi connectivity index (χ2v) is 5.90. The molecular weight excluding hydrogens is 280 g/mol. The summed E-state index contributed by atoms with van der Waals surface area (Å²) in [6, 6.07) is 3.42. The van der Waals surface area contributed by atoms with Gasteiger partial charge < -0.3 is 9.42 Å². The van der Waals surface area contributed by atoms with Crippen LogP contribution < -0.4 is 0 Å². The first-order valence-electron chi connectivity index (χ1n) is 7.71. The highest BCUT2D eigenvalue weighted by Gasteiger charge is 2.32. The molecule has 3 heterocycles. The van der Waals surface area contributed by atoms with Gasteiger partial charge in [0.25, 0.3) is 5.91 Å². The number of likely N-dealkylation sites (tertiary alicyclic amines) is 1. The fourth-order valence-corrected chi connectivity index (χ4v) is 2.70. The quantitative estimate of drug-likeness (QED) is 0.871. The number of carbonyl (C=O) groups excluding carboxylic acids is 1. The van der Waals surface area contributed by atoms with Crippen molar-refractivity contribution >= 4 is 5.91 Å². The normalized spacial score (nSPS) is 18.7. The van der Waals surface area contributed by atoms with E-state index in [0.717, 1.165) is 19.3 Å². The van der Waals surface area contributed by atoms with Crippen molar-refractivity contribution in [1.82, 2.24) is 20.0 Å². The van der Waals surface area contributed by atoms with Gasteiger partial charge in [0.2, 0.25) is 5.89 Å². The molecule has 6 nitrogen and oxygen atoms in total. The van der Waals surface area contributed by atoms with Crippen molar-refractivity contribution < 1.29 is 9.32 Å². The molecule has 0 unspecified atom stereocenters. The Morgan fingerprint density at radius 3 is 2.95 bits per heavy atom. The average Bonchev–Trinajstić information content (AvgIpc) is 3.05.